The van der Waals surface area contributed by atoms with Crippen molar-refractivity contribution in [3.05, 3.63) is 0 Å². The monoisotopic (exact) mass is 240 g/mol. The van der Waals surface area contributed by atoms with Crippen molar-refractivity contribution in [2.24, 2.45) is 11.3 Å². The van der Waals surface area contributed by atoms with Gasteiger partial charge >= 0.3 is 0 Å². The van der Waals surface area contributed by atoms with Crippen molar-refractivity contribution in [3.8, 4) is 0 Å². The molecule has 1 aliphatic rings. The summed E-state index contributed by atoms with van der Waals surface area (Å²) in [6, 6.07) is 0.614. The third kappa shape index (κ3) is 4.26. The summed E-state index contributed by atoms with van der Waals surface area (Å²) in [4.78, 5) is 2.68. The first-order valence-electron chi connectivity index (χ1n) is 7.11. The van der Waals surface area contributed by atoms with E-state index in [1.54, 1.807) is 0 Å². The quantitative estimate of drug-likeness (QED) is 0.815. The summed E-state index contributed by atoms with van der Waals surface area (Å²) in [5, 5.41) is 3.73. The van der Waals surface area contributed by atoms with Crippen LogP contribution in [0.25, 0.3) is 0 Å². The second kappa shape index (κ2) is 5.27. The van der Waals surface area contributed by atoms with Crippen molar-refractivity contribution in [1.82, 2.24) is 10.2 Å². The molecule has 1 atom stereocenters. The highest BCUT2D eigenvalue weighted by atomic mass is 15.3. The van der Waals surface area contributed by atoms with E-state index in [0.29, 0.717) is 17.0 Å². The lowest BCUT2D eigenvalue weighted by Crippen LogP contribution is -2.64. The van der Waals surface area contributed by atoms with Crippen LogP contribution < -0.4 is 5.32 Å². The van der Waals surface area contributed by atoms with Crippen LogP contribution in [0.5, 0.6) is 0 Å². The Bertz CT molecular complexity index is 238. The van der Waals surface area contributed by atoms with Crippen LogP contribution in [0.1, 0.15) is 54.9 Å². The molecule has 0 spiro atoms. The zero-order valence-corrected chi connectivity index (χ0v) is 12.9. The molecule has 17 heavy (non-hydrogen) atoms. The van der Waals surface area contributed by atoms with Crippen molar-refractivity contribution >= 4 is 0 Å². The highest BCUT2D eigenvalue weighted by molar-refractivity contribution is 4.96. The fourth-order valence-electron chi connectivity index (χ4n) is 2.40. The van der Waals surface area contributed by atoms with Crippen molar-refractivity contribution in [2.45, 2.75) is 66.5 Å². The van der Waals surface area contributed by atoms with Crippen LogP contribution in [0.3, 0.4) is 0 Å². The largest absolute Gasteiger partial charge is 0.310 e. The van der Waals surface area contributed by atoms with Gasteiger partial charge in [-0.25, -0.2) is 0 Å². The lowest BCUT2D eigenvalue weighted by molar-refractivity contribution is 0.0328. The van der Waals surface area contributed by atoms with E-state index in [-0.39, 0.29) is 0 Å². The van der Waals surface area contributed by atoms with E-state index in [4.69, 9.17) is 0 Å². The van der Waals surface area contributed by atoms with Crippen LogP contribution in [-0.2, 0) is 0 Å². The molecule has 0 radical (unpaired) electrons. The van der Waals surface area contributed by atoms with Crippen LogP contribution in [0.15, 0.2) is 0 Å². The molecule has 0 amide bonds. The fourth-order valence-corrected chi connectivity index (χ4v) is 2.40. The maximum atomic E-state index is 3.73. The van der Waals surface area contributed by atoms with Gasteiger partial charge in [0.2, 0.25) is 0 Å². The standard InChI is InChI=1S/C15H32N2/c1-12(2)8-9-17-10-13(14(3,4)5)16-11-15(17,6)7/h12-13,16H,8-11H2,1-7H3. The summed E-state index contributed by atoms with van der Waals surface area (Å²) in [6.45, 7) is 19.9. The van der Waals surface area contributed by atoms with E-state index in [0.717, 1.165) is 12.5 Å². The minimum Gasteiger partial charge on any atom is -0.310 e. The van der Waals surface area contributed by atoms with Gasteiger partial charge in [-0.3, -0.25) is 4.90 Å². The molecule has 0 aliphatic carbocycles. The number of rotatable bonds is 3. The molecule has 1 fully saturated rings. The summed E-state index contributed by atoms with van der Waals surface area (Å²) in [6.07, 6.45) is 1.31. The van der Waals surface area contributed by atoms with Crippen molar-refractivity contribution in [3.63, 3.8) is 0 Å². The third-order valence-electron chi connectivity index (χ3n) is 4.06. The van der Waals surface area contributed by atoms with Crippen molar-refractivity contribution < 1.29 is 0 Å². The minimum atomic E-state index is 0.302. The molecule has 1 unspecified atom stereocenters. The van der Waals surface area contributed by atoms with E-state index in [9.17, 15) is 0 Å². The number of nitrogens with zero attached hydrogens (tertiary/aromatic N) is 1. The van der Waals surface area contributed by atoms with Gasteiger partial charge in [0.25, 0.3) is 0 Å². The van der Waals surface area contributed by atoms with E-state index >= 15 is 0 Å². The second-order valence-corrected chi connectivity index (χ2v) is 7.74. The zero-order valence-electron chi connectivity index (χ0n) is 12.9. The average Bonchev–Trinajstić information content (AvgIpc) is 2.13. The SMILES string of the molecule is CC(C)CCN1CC(C(C)(C)C)NCC1(C)C. The maximum Gasteiger partial charge on any atom is 0.0278 e. The zero-order chi connectivity index (χ0) is 13.3. The number of piperazine rings is 1. The first kappa shape index (κ1) is 15.0. The van der Waals surface area contributed by atoms with E-state index in [2.05, 4.69) is 58.7 Å². The molecule has 1 saturated heterocycles. The molecule has 102 valence electrons. The maximum absolute atomic E-state index is 3.73. The molecule has 0 aromatic rings. The Morgan fingerprint density at radius 1 is 1.29 bits per heavy atom. The highest BCUT2D eigenvalue weighted by Gasteiger charge is 2.37. The van der Waals surface area contributed by atoms with E-state index in [1.165, 1.54) is 19.5 Å². The van der Waals surface area contributed by atoms with Crippen LogP contribution in [0.4, 0.5) is 0 Å². The Balaban J connectivity index is 2.63. The predicted molar refractivity (Wildman–Crippen MR) is 76.4 cm³/mol. The van der Waals surface area contributed by atoms with Crippen LogP contribution in [-0.4, -0.2) is 36.1 Å². The van der Waals surface area contributed by atoms with Crippen LogP contribution in [0, 0.1) is 11.3 Å². The highest BCUT2D eigenvalue weighted by Crippen LogP contribution is 2.27. The summed E-state index contributed by atoms with van der Waals surface area (Å²) in [7, 11) is 0. The summed E-state index contributed by atoms with van der Waals surface area (Å²) < 4.78 is 0. The fraction of sp³-hybridized carbons (Fsp3) is 1.00. The molecule has 2 heteroatoms. The molecule has 0 aromatic carbocycles. The van der Waals surface area contributed by atoms with Gasteiger partial charge in [-0.15, -0.1) is 0 Å². The van der Waals surface area contributed by atoms with Gasteiger partial charge in [0.15, 0.2) is 0 Å². The molecular formula is C15H32N2. The summed E-state index contributed by atoms with van der Waals surface area (Å²) >= 11 is 0. The van der Waals surface area contributed by atoms with E-state index in [1.807, 2.05) is 0 Å². The first-order chi connectivity index (χ1) is 7.63. The smallest absolute Gasteiger partial charge is 0.0278 e. The number of hydrogen-bond donors (Lipinski definition) is 1. The third-order valence-corrected chi connectivity index (χ3v) is 4.06. The molecule has 0 bridgehead atoms. The van der Waals surface area contributed by atoms with Gasteiger partial charge in [0, 0.05) is 24.7 Å². The molecular weight excluding hydrogens is 208 g/mol. The summed E-state index contributed by atoms with van der Waals surface area (Å²) in [5.41, 5.74) is 0.656. The van der Waals surface area contributed by atoms with Crippen molar-refractivity contribution in [2.75, 3.05) is 19.6 Å². The molecule has 0 aromatic heterocycles. The van der Waals surface area contributed by atoms with Gasteiger partial charge in [-0.2, -0.15) is 0 Å². The van der Waals surface area contributed by atoms with Crippen LogP contribution in [0.2, 0.25) is 0 Å². The Kier molecular flexibility index (Phi) is 4.65. The Morgan fingerprint density at radius 2 is 1.88 bits per heavy atom. The molecule has 1 heterocycles. The number of hydrogen-bond acceptors (Lipinski definition) is 2. The van der Waals surface area contributed by atoms with Crippen molar-refractivity contribution in [1.29, 1.82) is 0 Å². The number of nitrogens with one attached hydrogen (secondary N) is 1. The van der Waals surface area contributed by atoms with Gasteiger partial charge in [-0.1, -0.05) is 34.6 Å². The normalized spacial score (nSPS) is 26.5. The Morgan fingerprint density at radius 3 is 2.35 bits per heavy atom. The topological polar surface area (TPSA) is 15.3 Å². The average molecular weight is 240 g/mol. The Labute approximate surface area is 108 Å². The molecule has 1 aliphatic heterocycles. The van der Waals surface area contributed by atoms with Gasteiger partial charge in [-0.05, 0) is 38.1 Å². The van der Waals surface area contributed by atoms with Gasteiger partial charge in [0.1, 0.15) is 0 Å². The van der Waals surface area contributed by atoms with Gasteiger partial charge < -0.3 is 5.32 Å². The van der Waals surface area contributed by atoms with E-state index < -0.39 is 0 Å². The molecule has 2 nitrogen and oxygen atoms in total. The van der Waals surface area contributed by atoms with Gasteiger partial charge in [0.05, 0.1) is 0 Å². The summed E-state index contributed by atoms with van der Waals surface area (Å²) in [5.74, 6) is 0.800. The Hall–Kier alpha value is -0.0800. The predicted octanol–water partition coefficient (Wildman–Crippen LogP) is 3.13. The first-order valence-corrected chi connectivity index (χ1v) is 7.11. The lowest BCUT2D eigenvalue weighted by Gasteiger charge is -2.49. The lowest BCUT2D eigenvalue weighted by atomic mass is 9.82. The van der Waals surface area contributed by atoms with Crippen LogP contribution >= 0.6 is 0 Å². The molecule has 0 saturated carbocycles. The second-order valence-electron chi connectivity index (χ2n) is 7.74. The molecule has 1 rings (SSSR count). The molecule has 1 N–H and O–H groups in total. The minimum absolute atomic E-state index is 0.302.